The molecule has 27 heavy (non-hydrogen) atoms. The third-order valence-corrected chi connectivity index (χ3v) is 4.55. The first kappa shape index (κ1) is 18.8. The highest BCUT2D eigenvalue weighted by molar-refractivity contribution is 6.33. The molecule has 1 heterocycles. The number of furan rings is 1. The molecule has 0 spiro atoms. The molecule has 0 fully saturated rings. The monoisotopic (exact) mass is 386 g/mol. The van der Waals surface area contributed by atoms with Crippen molar-refractivity contribution in [3.05, 3.63) is 59.3 Å². The maximum absolute atomic E-state index is 13.0. The van der Waals surface area contributed by atoms with Crippen molar-refractivity contribution in [2.75, 3.05) is 18.6 Å². The van der Waals surface area contributed by atoms with Gasteiger partial charge in [0.15, 0.2) is 0 Å². The van der Waals surface area contributed by atoms with Crippen LogP contribution in [0.4, 0.5) is 5.69 Å². The summed E-state index contributed by atoms with van der Waals surface area (Å²) in [6.07, 6.45) is 1.70. The van der Waals surface area contributed by atoms with E-state index in [0.29, 0.717) is 22.0 Å². The number of rotatable bonds is 7. The van der Waals surface area contributed by atoms with Crippen molar-refractivity contribution in [3.63, 3.8) is 0 Å². The number of benzene rings is 2. The number of halogens is 1. The quantitative estimate of drug-likeness (QED) is 0.672. The number of anilines is 1. The summed E-state index contributed by atoms with van der Waals surface area (Å²) in [5.74, 6) is -0.0162. The smallest absolute Gasteiger partial charge is 0.231 e. The molecule has 1 aromatic heterocycles. The minimum absolute atomic E-state index is 0.0420. The number of hydrogen-bond donors (Lipinski definition) is 1. The highest BCUT2D eigenvalue weighted by atomic mass is 35.5. The third kappa shape index (κ3) is 4.23. The Morgan fingerprint density at radius 1 is 1.22 bits per heavy atom. The number of amides is 2. The summed E-state index contributed by atoms with van der Waals surface area (Å²) in [7, 11) is 1.58. The largest absolute Gasteiger partial charge is 0.497 e. The topological polar surface area (TPSA) is 85.8 Å². The number of ether oxygens (including phenoxy) is 1. The molecule has 2 N–H and O–H groups in total. The van der Waals surface area contributed by atoms with E-state index >= 15 is 0 Å². The molecule has 0 unspecified atom stereocenters. The van der Waals surface area contributed by atoms with Crippen molar-refractivity contribution in [1.29, 1.82) is 0 Å². The fourth-order valence-corrected chi connectivity index (χ4v) is 3.10. The number of fused-ring (bicyclic) bond motifs is 1. The molecule has 0 bridgehead atoms. The van der Waals surface area contributed by atoms with Gasteiger partial charge in [0.2, 0.25) is 11.8 Å². The van der Waals surface area contributed by atoms with E-state index in [0.717, 1.165) is 10.9 Å². The van der Waals surface area contributed by atoms with E-state index in [1.54, 1.807) is 43.7 Å². The number of hydrogen-bond acceptors (Lipinski definition) is 4. The number of methoxy groups -OCH3 is 1. The zero-order chi connectivity index (χ0) is 19.4. The van der Waals surface area contributed by atoms with Gasteiger partial charge < -0.3 is 19.8 Å². The maximum atomic E-state index is 13.0. The van der Waals surface area contributed by atoms with Crippen LogP contribution in [0, 0.1) is 0 Å². The first-order valence-corrected chi connectivity index (χ1v) is 8.74. The molecule has 3 rings (SSSR count). The molecule has 0 aliphatic carbocycles. The number of carbonyl (C=O) groups excluding carboxylic acids is 2. The van der Waals surface area contributed by atoms with Crippen molar-refractivity contribution in [2.24, 2.45) is 5.73 Å². The molecule has 0 radical (unpaired) electrons. The molecule has 3 aromatic rings. The van der Waals surface area contributed by atoms with E-state index < -0.39 is 5.91 Å². The lowest BCUT2D eigenvalue weighted by molar-refractivity contribution is -0.118. The molecule has 6 nitrogen and oxygen atoms in total. The summed E-state index contributed by atoms with van der Waals surface area (Å²) >= 11 is 6.25. The van der Waals surface area contributed by atoms with Crippen LogP contribution in [-0.4, -0.2) is 25.5 Å². The maximum Gasteiger partial charge on any atom is 0.231 e. The fourth-order valence-electron chi connectivity index (χ4n) is 2.86. The van der Waals surface area contributed by atoms with Crippen molar-refractivity contribution >= 4 is 40.1 Å². The van der Waals surface area contributed by atoms with Gasteiger partial charge in [0.25, 0.3) is 0 Å². The number of nitrogens with two attached hydrogens (primary N) is 1. The Morgan fingerprint density at radius 2 is 2.00 bits per heavy atom. The van der Waals surface area contributed by atoms with Crippen LogP contribution in [0.2, 0.25) is 5.02 Å². The van der Waals surface area contributed by atoms with Gasteiger partial charge in [-0.05, 0) is 24.3 Å². The normalized spacial score (nSPS) is 10.7. The van der Waals surface area contributed by atoms with Crippen LogP contribution in [0.25, 0.3) is 11.0 Å². The van der Waals surface area contributed by atoms with Crippen LogP contribution in [0.5, 0.6) is 5.75 Å². The van der Waals surface area contributed by atoms with E-state index in [9.17, 15) is 9.59 Å². The van der Waals surface area contributed by atoms with E-state index in [2.05, 4.69) is 0 Å². The fraction of sp³-hybridized carbons (Fsp3) is 0.200. The average Bonchev–Trinajstić information content (AvgIpc) is 3.05. The lowest BCUT2D eigenvalue weighted by Crippen LogP contribution is -2.35. The van der Waals surface area contributed by atoms with E-state index in [1.165, 1.54) is 4.90 Å². The van der Waals surface area contributed by atoms with E-state index in [-0.39, 0.29) is 25.3 Å². The highest BCUT2D eigenvalue weighted by Gasteiger charge is 2.21. The van der Waals surface area contributed by atoms with E-state index in [1.807, 2.05) is 12.1 Å². The summed E-state index contributed by atoms with van der Waals surface area (Å²) in [5.41, 5.74) is 7.18. The van der Waals surface area contributed by atoms with Crippen molar-refractivity contribution in [3.8, 4) is 5.75 Å². The number of para-hydroxylation sites is 1. The Hall–Kier alpha value is -2.99. The summed E-state index contributed by atoms with van der Waals surface area (Å²) in [6.45, 7) is 0.154. The SMILES string of the molecule is COc1ccc2c(CC(=O)N(CCC(N)=O)c3ccccc3Cl)coc2c1. The molecule has 0 aliphatic rings. The van der Waals surface area contributed by atoms with Gasteiger partial charge in [-0.15, -0.1) is 0 Å². The third-order valence-electron chi connectivity index (χ3n) is 4.23. The van der Waals surface area contributed by atoms with Crippen molar-refractivity contribution < 1.29 is 18.7 Å². The van der Waals surface area contributed by atoms with Gasteiger partial charge in [-0.2, -0.15) is 0 Å². The summed E-state index contributed by atoms with van der Waals surface area (Å²) in [6, 6.07) is 12.4. The lowest BCUT2D eigenvalue weighted by atomic mass is 10.1. The van der Waals surface area contributed by atoms with Crippen LogP contribution in [-0.2, 0) is 16.0 Å². The molecule has 0 atom stereocenters. The molecule has 140 valence electrons. The summed E-state index contributed by atoms with van der Waals surface area (Å²) in [4.78, 5) is 25.7. The minimum Gasteiger partial charge on any atom is -0.497 e. The van der Waals surface area contributed by atoms with Gasteiger partial charge in [0.05, 0.1) is 30.5 Å². The van der Waals surface area contributed by atoms with Crippen LogP contribution < -0.4 is 15.4 Å². The number of nitrogens with zero attached hydrogens (tertiary/aromatic N) is 1. The van der Waals surface area contributed by atoms with Crippen LogP contribution in [0.1, 0.15) is 12.0 Å². The molecule has 0 saturated heterocycles. The van der Waals surface area contributed by atoms with Gasteiger partial charge in [-0.3, -0.25) is 9.59 Å². The summed E-state index contributed by atoms with van der Waals surface area (Å²) in [5, 5.41) is 1.26. The van der Waals surface area contributed by atoms with Gasteiger partial charge in [-0.1, -0.05) is 23.7 Å². The molecule has 2 amide bonds. The predicted octanol–water partition coefficient (Wildman–Crippen LogP) is 3.55. The molecule has 2 aromatic carbocycles. The highest BCUT2D eigenvalue weighted by Crippen LogP contribution is 2.29. The van der Waals surface area contributed by atoms with Gasteiger partial charge in [-0.25, -0.2) is 0 Å². The van der Waals surface area contributed by atoms with Gasteiger partial charge >= 0.3 is 0 Å². The zero-order valence-electron chi connectivity index (χ0n) is 14.8. The lowest BCUT2D eigenvalue weighted by Gasteiger charge is -2.23. The Morgan fingerprint density at radius 3 is 2.70 bits per heavy atom. The first-order valence-electron chi connectivity index (χ1n) is 8.37. The van der Waals surface area contributed by atoms with Crippen LogP contribution in [0.15, 0.2) is 53.1 Å². The molecule has 0 saturated carbocycles. The minimum atomic E-state index is -0.485. The van der Waals surface area contributed by atoms with Crippen LogP contribution in [0.3, 0.4) is 0 Å². The van der Waals surface area contributed by atoms with E-state index in [4.69, 9.17) is 26.5 Å². The zero-order valence-corrected chi connectivity index (χ0v) is 15.5. The molecular weight excluding hydrogens is 368 g/mol. The Labute approximate surface area is 161 Å². The standard InChI is InChI=1S/C20H19ClN2O4/c1-26-14-6-7-15-13(12-27-18(15)11-14)10-20(25)23(9-8-19(22)24)17-5-3-2-4-16(17)21/h2-7,11-12H,8-10H2,1H3,(H2,22,24). The van der Waals surface area contributed by atoms with Gasteiger partial charge in [0, 0.05) is 30.0 Å². The average molecular weight is 387 g/mol. The van der Waals surface area contributed by atoms with Crippen LogP contribution >= 0.6 is 11.6 Å². The first-order chi connectivity index (χ1) is 13.0. The van der Waals surface area contributed by atoms with Crippen molar-refractivity contribution in [2.45, 2.75) is 12.8 Å². The molecular formula is C20H19ClN2O4. The number of primary amides is 1. The van der Waals surface area contributed by atoms with Gasteiger partial charge in [0.1, 0.15) is 11.3 Å². The summed E-state index contributed by atoms with van der Waals surface area (Å²) < 4.78 is 10.7. The Kier molecular flexibility index (Phi) is 5.66. The molecule has 7 heteroatoms. The predicted molar refractivity (Wildman–Crippen MR) is 104 cm³/mol. The number of carbonyl (C=O) groups is 2. The second kappa shape index (κ2) is 8.14. The second-order valence-electron chi connectivity index (χ2n) is 6.01. The second-order valence-corrected chi connectivity index (χ2v) is 6.42. The molecule has 0 aliphatic heterocycles. The Bertz CT molecular complexity index is 983. The Balaban J connectivity index is 1.88. The van der Waals surface area contributed by atoms with Crippen molar-refractivity contribution in [1.82, 2.24) is 0 Å².